The number of thiazole rings is 1. The number of aromatic nitrogens is 2. The molecule has 2 aromatic heterocycles. The molecule has 4 fully saturated rings. The zero-order chi connectivity index (χ0) is 43.3. The van der Waals surface area contributed by atoms with E-state index in [-0.39, 0.29) is 23.9 Å². The Morgan fingerprint density at radius 3 is 2.48 bits per heavy atom. The summed E-state index contributed by atoms with van der Waals surface area (Å²) in [4.78, 5) is 64.0. The van der Waals surface area contributed by atoms with Crippen LogP contribution in [-0.2, 0) is 15.5 Å². The van der Waals surface area contributed by atoms with E-state index in [1.165, 1.54) is 68.7 Å². The Balaban J connectivity index is 0.715. The molecule has 15 heteroatoms. The molecule has 12 nitrogen and oxygen atoms in total. The number of methoxy groups -OCH3 is 1. The zero-order valence-corrected chi connectivity index (χ0v) is 36.1. The topological polar surface area (TPSA) is 146 Å². The number of nitrogens with one attached hydrogen (secondary N) is 3. The molecule has 4 amide bonds. The Morgan fingerprint density at radius 1 is 1.00 bits per heavy atom. The lowest BCUT2D eigenvalue weighted by Gasteiger charge is -2.53. The number of fused-ring (bicyclic) bond motifs is 2. The summed E-state index contributed by atoms with van der Waals surface area (Å²) in [6.45, 7) is 9.13. The van der Waals surface area contributed by atoms with Crippen LogP contribution in [0.4, 0.5) is 20.2 Å². The van der Waals surface area contributed by atoms with Gasteiger partial charge in [0.05, 0.1) is 33.6 Å². The number of alkyl halides is 2. The highest BCUT2D eigenvalue weighted by Crippen LogP contribution is 2.54. The number of anilines is 2. The number of pyridine rings is 1. The van der Waals surface area contributed by atoms with Gasteiger partial charge in [0.15, 0.2) is 0 Å². The maximum absolute atomic E-state index is 13.9. The quantitative estimate of drug-likeness (QED) is 0.119. The van der Waals surface area contributed by atoms with Gasteiger partial charge in [-0.25, -0.2) is 9.97 Å². The number of carbonyl (C=O) groups excluding carboxylic acids is 4. The zero-order valence-electron chi connectivity index (χ0n) is 35.2. The van der Waals surface area contributed by atoms with Crippen LogP contribution in [0, 0.1) is 17.3 Å². The SMILES string of the molecule is C=C1c2cccc(NCCC3CC4(CCN(C[C@H]5CC[C@H](c6nc7cc(OC)c(NC(=O)c8cccc(C(C)(F)F)n8)cc7s6)CC5)CC4)C3)c2C(=O)N1C1CCC(=O)NC1=O. The minimum Gasteiger partial charge on any atom is -0.494 e. The van der Waals surface area contributed by atoms with Gasteiger partial charge >= 0.3 is 0 Å². The van der Waals surface area contributed by atoms with E-state index in [0.717, 1.165) is 78.8 Å². The monoisotopic (exact) mass is 865 g/mol. The van der Waals surface area contributed by atoms with Crippen molar-refractivity contribution in [2.45, 2.75) is 95.4 Å². The Bertz CT molecular complexity index is 2430. The normalized spacial score (nSPS) is 23.0. The summed E-state index contributed by atoms with van der Waals surface area (Å²) >= 11 is 1.64. The summed E-state index contributed by atoms with van der Waals surface area (Å²) in [5.41, 5.74) is 3.71. The number of piperidine rings is 2. The van der Waals surface area contributed by atoms with E-state index < -0.39 is 29.5 Å². The average Bonchev–Trinajstić information content (AvgIpc) is 3.77. The van der Waals surface area contributed by atoms with Crippen LogP contribution in [0.1, 0.15) is 121 Å². The van der Waals surface area contributed by atoms with Crippen molar-refractivity contribution in [2.24, 2.45) is 17.3 Å². The standard InChI is InChI=1S/C47H53F2N7O5S/c1-27-31-6-4-7-32(41(31)45(60)56(27)36-14-15-40(57)54-43(36)59)50-19-16-29-24-47(25-29)17-20-55(21-18-47)26-28-10-12-30(13-11-28)44-53-35-22-37(61-3)34(23-38(35)62-44)52-42(58)33-8-5-9-39(51-33)46(2,48)49/h4-9,22-23,28-30,36,50H,1,10-21,24-26H2,2-3H3,(H,52,58)(H,54,57,59)/t28-,30-,36?. The molecule has 0 radical (unpaired) electrons. The van der Waals surface area contributed by atoms with E-state index in [4.69, 9.17) is 9.72 Å². The van der Waals surface area contributed by atoms with Gasteiger partial charge < -0.3 is 20.3 Å². The molecule has 3 N–H and O–H groups in total. The van der Waals surface area contributed by atoms with Gasteiger partial charge in [0, 0.05) is 55.4 Å². The molecular weight excluding hydrogens is 813 g/mol. The molecule has 62 heavy (non-hydrogen) atoms. The van der Waals surface area contributed by atoms with Gasteiger partial charge in [-0.3, -0.25) is 29.4 Å². The van der Waals surface area contributed by atoms with E-state index in [0.29, 0.717) is 52.3 Å². The number of imide groups is 1. The minimum atomic E-state index is -3.16. The predicted octanol–water partition coefficient (Wildman–Crippen LogP) is 8.56. The molecule has 5 heterocycles. The molecule has 9 rings (SSSR count). The minimum absolute atomic E-state index is 0.0983. The van der Waals surface area contributed by atoms with Gasteiger partial charge in [0.25, 0.3) is 17.7 Å². The highest BCUT2D eigenvalue weighted by Gasteiger charge is 2.46. The molecule has 1 atom stereocenters. The van der Waals surface area contributed by atoms with Gasteiger partial charge in [-0.15, -0.1) is 11.3 Å². The van der Waals surface area contributed by atoms with Gasteiger partial charge in [-0.1, -0.05) is 24.8 Å². The Labute approximate surface area is 363 Å². The molecule has 0 bridgehead atoms. The summed E-state index contributed by atoms with van der Waals surface area (Å²) in [5.74, 6) is -2.58. The van der Waals surface area contributed by atoms with E-state index in [2.05, 4.69) is 32.4 Å². The van der Waals surface area contributed by atoms with Crippen molar-refractivity contribution >= 4 is 62.3 Å². The molecule has 1 unspecified atom stereocenters. The lowest BCUT2D eigenvalue weighted by atomic mass is 9.57. The third-order valence-corrected chi connectivity index (χ3v) is 15.1. The van der Waals surface area contributed by atoms with Crippen LogP contribution < -0.4 is 20.7 Å². The molecule has 2 aromatic carbocycles. The maximum Gasteiger partial charge on any atom is 0.287 e. The summed E-state index contributed by atoms with van der Waals surface area (Å²) < 4.78 is 34.2. The fourth-order valence-corrected chi connectivity index (χ4v) is 11.7. The second-order valence-electron chi connectivity index (χ2n) is 18.1. The molecule has 2 saturated carbocycles. The fraction of sp³-hybridized carbons (Fsp3) is 0.489. The van der Waals surface area contributed by atoms with E-state index in [1.54, 1.807) is 11.3 Å². The van der Waals surface area contributed by atoms with Gasteiger partial charge in [0.1, 0.15) is 23.2 Å². The van der Waals surface area contributed by atoms with Crippen molar-refractivity contribution in [3.05, 3.63) is 82.6 Å². The first-order valence-electron chi connectivity index (χ1n) is 21.9. The van der Waals surface area contributed by atoms with Crippen LogP contribution in [0.2, 0.25) is 0 Å². The summed E-state index contributed by atoms with van der Waals surface area (Å²) in [5, 5.41) is 9.79. The number of halogens is 2. The van der Waals surface area contributed by atoms with E-state index >= 15 is 0 Å². The summed E-state index contributed by atoms with van der Waals surface area (Å²) in [6.07, 6.45) is 11.1. The molecule has 5 aliphatic rings. The third-order valence-electron chi connectivity index (χ3n) is 14.0. The number of likely N-dealkylation sites (tertiary alicyclic amines) is 1. The molecule has 1 spiro atoms. The van der Waals surface area contributed by atoms with Crippen molar-refractivity contribution < 1.29 is 32.7 Å². The summed E-state index contributed by atoms with van der Waals surface area (Å²) in [7, 11) is 1.52. The van der Waals surface area contributed by atoms with Crippen molar-refractivity contribution in [2.75, 3.05) is 43.9 Å². The van der Waals surface area contributed by atoms with Crippen LogP contribution in [0.25, 0.3) is 15.9 Å². The number of carbonyl (C=O) groups is 4. The predicted molar refractivity (Wildman–Crippen MR) is 234 cm³/mol. The number of nitrogens with zero attached hydrogens (tertiary/aromatic N) is 4. The maximum atomic E-state index is 13.9. The van der Waals surface area contributed by atoms with Crippen LogP contribution in [-0.4, -0.2) is 82.7 Å². The highest BCUT2D eigenvalue weighted by molar-refractivity contribution is 7.18. The molecule has 4 aromatic rings. The van der Waals surface area contributed by atoms with Crippen molar-refractivity contribution in [3.8, 4) is 5.75 Å². The molecule has 2 saturated heterocycles. The van der Waals surface area contributed by atoms with Crippen molar-refractivity contribution in [3.63, 3.8) is 0 Å². The number of benzene rings is 2. The largest absolute Gasteiger partial charge is 0.494 e. The first-order chi connectivity index (χ1) is 29.8. The van der Waals surface area contributed by atoms with Crippen LogP contribution in [0.3, 0.4) is 0 Å². The lowest BCUT2D eigenvalue weighted by molar-refractivity contribution is -0.136. The second kappa shape index (κ2) is 16.8. The molecule has 326 valence electrons. The number of hydrogen-bond acceptors (Lipinski definition) is 10. The van der Waals surface area contributed by atoms with Crippen molar-refractivity contribution in [1.82, 2.24) is 25.1 Å². The Morgan fingerprint density at radius 2 is 1.76 bits per heavy atom. The lowest BCUT2D eigenvalue weighted by Crippen LogP contribution is -2.52. The second-order valence-corrected chi connectivity index (χ2v) is 19.2. The van der Waals surface area contributed by atoms with E-state index in [1.807, 2.05) is 30.3 Å². The van der Waals surface area contributed by atoms with Gasteiger partial charge in [0.2, 0.25) is 11.8 Å². The van der Waals surface area contributed by atoms with Crippen LogP contribution in [0.15, 0.2) is 55.1 Å². The number of ether oxygens (including phenoxy) is 1. The Kier molecular flexibility index (Phi) is 11.4. The molecular formula is C47H53F2N7O5S. The van der Waals surface area contributed by atoms with Gasteiger partial charge in [-0.2, -0.15) is 8.78 Å². The van der Waals surface area contributed by atoms with Crippen LogP contribution >= 0.6 is 11.3 Å². The smallest absolute Gasteiger partial charge is 0.287 e. The van der Waals surface area contributed by atoms with Crippen LogP contribution in [0.5, 0.6) is 5.75 Å². The average molecular weight is 866 g/mol. The number of rotatable bonds is 12. The molecule has 2 aliphatic carbocycles. The summed E-state index contributed by atoms with van der Waals surface area (Å²) in [6, 6.07) is 12.7. The highest BCUT2D eigenvalue weighted by atomic mass is 32.1. The number of hydrogen-bond donors (Lipinski definition) is 3. The van der Waals surface area contributed by atoms with Crippen molar-refractivity contribution in [1.29, 1.82) is 0 Å². The van der Waals surface area contributed by atoms with Gasteiger partial charge in [-0.05, 0) is 119 Å². The first-order valence-corrected chi connectivity index (χ1v) is 22.7. The number of amides is 4. The fourth-order valence-electron chi connectivity index (χ4n) is 10.6. The third kappa shape index (κ3) is 8.33. The Hall–Kier alpha value is -5.28. The van der Waals surface area contributed by atoms with E-state index in [9.17, 15) is 28.0 Å². The first kappa shape index (κ1) is 42.0. The molecule has 3 aliphatic heterocycles.